The minimum atomic E-state index is -1.26. The van der Waals surface area contributed by atoms with E-state index in [4.69, 9.17) is 9.47 Å². The second-order valence-electron chi connectivity index (χ2n) is 8.02. The molecule has 1 aliphatic heterocycles. The topological polar surface area (TPSA) is 118 Å². The molecule has 2 atom stereocenters. The predicted molar refractivity (Wildman–Crippen MR) is 141 cm³/mol. The van der Waals surface area contributed by atoms with E-state index >= 15 is 0 Å². The number of hydrogen-bond donors (Lipinski definition) is 2. The van der Waals surface area contributed by atoms with Gasteiger partial charge in [-0.05, 0) is 58.1 Å². The molecule has 1 aliphatic rings. The van der Waals surface area contributed by atoms with Crippen molar-refractivity contribution in [2.24, 2.45) is 5.92 Å². The number of carbonyl (C=O) groups is 3. The Bertz CT molecular complexity index is 1270. The van der Waals surface area contributed by atoms with Crippen LogP contribution in [0, 0.1) is 24.2 Å². The molecule has 0 radical (unpaired) electrons. The maximum Gasteiger partial charge on any atom is 0.319 e. The Balaban J connectivity index is 1.94. The summed E-state index contributed by atoms with van der Waals surface area (Å²) in [5.74, 6) is -3.28. The highest BCUT2D eigenvalue weighted by Crippen LogP contribution is 2.42. The summed E-state index contributed by atoms with van der Waals surface area (Å²) in [6, 6.07) is 13.0. The molecule has 2 aromatic rings. The third kappa shape index (κ3) is 5.74. The molecule has 2 amide bonds. The van der Waals surface area contributed by atoms with E-state index in [-0.39, 0.29) is 22.3 Å². The van der Waals surface area contributed by atoms with Crippen molar-refractivity contribution in [2.45, 2.75) is 26.2 Å². The normalized spacial score (nSPS) is 17.2. The van der Waals surface area contributed by atoms with E-state index in [1.165, 1.54) is 14.2 Å². The van der Waals surface area contributed by atoms with Gasteiger partial charge in [0.25, 0.3) is 0 Å². The molecule has 0 spiro atoms. The van der Waals surface area contributed by atoms with Crippen LogP contribution >= 0.6 is 27.7 Å². The van der Waals surface area contributed by atoms with Gasteiger partial charge in [-0.3, -0.25) is 14.4 Å². The number of nitrogens with zero attached hydrogens (tertiary/aromatic N) is 1. The first kappa shape index (κ1) is 27.3. The zero-order chi connectivity index (χ0) is 26.4. The summed E-state index contributed by atoms with van der Waals surface area (Å²) in [5, 5.41) is 15.9. The van der Waals surface area contributed by atoms with Crippen LogP contribution < -0.4 is 15.4 Å². The Labute approximate surface area is 222 Å². The minimum absolute atomic E-state index is 0.0415. The van der Waals surface area contributed by atoms with Gasteiger partial charge in [0.1, 0.15) is 11.7 Å². The number of hydrogen-bond acceptors (Lipinski definition) is 7. The van der Waals surface area contributed by atoms with Gasteiger partial charge in [-0.15, -0.1) is 0 Å². The molecule has 0 unspecified atom stereocenters. The Morgan fingerprint density at radius 3 is 2.61 bits per heavy atom. The number of nitriles is 1. The second-order valence-corrected chi connectivity index (χ2v) is 9.86. The fourth-order valence-corrected chi connectivity index (χ4v) is 5.48. The largest absolute Gasteiger partial charge is 0.496 e. The summed E-state index contributed by atoms with van der Waals surface area (Å²) >= 11 is 4.46. The van der Waals surface area contributed by atoms with Gasteiger partial charge in [0.15, 0.2) is 0 Å². The van der Waals surface area contributed by atoms with Crippen LogP contribution in [0.15, 0.2) is 51.5 Å². The van der Waals surface area contributed by atoms with Crippen molar-refractivity contribution in [3.05, 3.63) is 68.2 Å². The summed E-state index contributed by atoms with van der Waals surface area (Å²) in [6.45, 7) is 3.93. The van der Waals surface area contributed by atoms with Crippen molar-refractivity contribution in [3.8, 4) is 11.8 Å². The van der Waals surface area contributed by atoms with E-state index in [0.717, 1.165) is 35.0 Å². The Morgan fingerprint density at radius 2 is 2.00 bits per heavy atom. The highest BCUT2D eigenvalue weighted by molar-refractivity contribution is 9.10. The highest BCUT2D eigenvalue weighted by atomic mass is 79.9. The van der Waals surface area contributed by atoms with Gasteiger partial charge in [-0.2, -0.15) is 5.26 Å². The van der Waals surface area contributed by atoms with E-state index in [2.05, 4.69) is 32.6 Å². The predicted octanol–water partition coefficient (Wildman–Crippen LogP) is 4.44. The van der Waals surface area contributed by atoms with Gasteiger partial charge in [0.2, 0.25) is 11.8 Å². The van der Waals surface area contributed by atoms with E-state index in [1.807, 2.05) is 32.0 Å². The van der Waals surface area contributed by atoms with Gasteiger partial charge in [-0.25, -0.2) is 0 Å². The smallest absolute Gasteiger partial charge is 0.319 e. The van der Waals surface area contributed by atoms with Gasteiger partial charge in [-0.1, -0.05) is 43.0 Å². The molecule has 0 aromatic heterocycles. The van der Waals surface area contributed by atoms with Gasteiger partial charge in [0.05, 0.1) is 41.1 Å². The number of aryl methyl sites for hydroxylation is 2. The quantitative estimate of drug-likeness (QED) is 0.355. The van der Waals surface area contributed by atoms with Crippen LogP contribution in [0.4, 0.5) is 5.69 Å². The van der Waals surface area contributed by atoms with Crippen LogP contribution in [0.25, 0.3) is 0 Å². The average Bonchev–Trinajstić information content (AvgIpc) is 2.87. The molecule has 36 heavy (non-hydrogen) atoms. The molecule has 0 bridgehead atoms. The van der Waals surface area contributed by atoms with Gasteiger partial charge < -0.3 is 20.1 Å². The number of para-hydroxylation sites is 1. The number of nitrogens with one attached hydrogen (secondary N) is 2. The van der Waals surface area contributed by atoms with Crippen molar-refractivity contribution in [1.29, 1.82) is 5.26 Å². The lowest BCUT2D eigenvalue weighted by Crippen LogP contribution is -2.44. The Morgan fingerprint density at radius 1 is 1.25 bits per heavy atom. The number of ether oxygens (including phenoxy) is 2. The van der Waals surface area contributed by atoms with Crippen molar-refractivity contribution in [3.63, 3.8) is 0 Å². The number of halogens is 1. The van der Waals surface area contributed by atoms with E-state index in [1.54, 1.807) is 18.2 Å². The van der Waals surface area contributed by atoms with Crippen LogP contribution in [0.3, 0.4) is 0 Å². The first-order chi connectivity index (χ1) is 17.2. The average molecular weight is 572 g/mol. The molecule has 0 saturated heterocycles. The molecule has 8 nitrogen and oxygen atoms in total. The summed E-state index contributed by atoms with van der Waals surface area (Å²) in [6.07, 6.45) is 0.762. The molecule has 2 N–H and O–H groups in total. The molecule has 1 heterocycles. The van der Waals surface area contributed by atoms with Gasteiger partial charge in [0, 0.05) is 11.6 Å². The number of anilines is 1. The van der Waals surface area contributed by atoms with Crippen LogP contribution in [0.1, 0.15) is 29.5 Å². The third-order valence-corrected chi connectivity index (χ3v) is 7.51. The monoisotopic (exact) mass is 571 g/mol. The second kappa shape index (κ2) is 12.1. The number of amides is 2. The van der Waals surface area contributed by atoms with E-state index in [0.29, 0.717) is 15.8 Å². The molecule has 0 saturated carbocycles. The van der Waals surface area contributed by atoms with Crippen LogP contribution in [-0.4, -0.2) is 37.8 Å². The summed E-state index contributed by atoms with van der Waals surface area (Å²) < 4.78 is 10.8. The number of methoxy groups -OCH3 is 2. The lowest BCUT2D eigenvalue weighted by Gasteiger charge is -2.31. The maximum absolute atomic E-state index is 13.0. The maximum atomic E-state index is 13.0. The van der Waals surface area contributed by atoms with Gasteiger partial charge >= 0.3 is 5.97 Å². The number of allylic oxidation sites excluding steroid dienone is 1. The number of rotatable bonds is 8. The summed E-state index contributed by atoms with van der Waals surface area (Å²) in [5.41, 5.74) is 3.45. The SMILES string of the molecule is CCc1cccc(C)c1NC(=O)CSC1=C(C#N)[C@@H](c2ccc(OC)c(Br)c2)[C@@H](C(=O)OC)C(=O)N1. The molecular formula is C26H26BrN3O5S. The van der Waals surface area contributed by atoms with Crippen molar-refractivity contribution >= 4 is 51.2 Å². The van der Waals surface area contributed by atoms with Crippen molar-refractivity contribution in [2.75, 3.05) is 25.3 Å². The molecule has 188 valence electrons. The summed E-state index contributed by atoms with van der Waals surface area (Å²) in [4.78, 5) is 38.4. The minimum Gasteiger partial charge on any atom is -0.496 e. The van der Waals surface area contributed by atoms with Crippen LogP contribution in [0.2, 0.25) is 0 Å². The Kier molecular flexibility index (Phi) is 9.18. The number of thioether (sulfide) groups is 1. The molecule has 2 aromatic carbocycles. The van der Waals surface area contributed by atoms with Crippen molar-refractivity contribution in [1.82, 2.24) is 5.32 Å². The van der Waals surface area contributed by atoms with Crippen LogP contribution in [-0.2, 0) is 25.5 Å². The number of esters is 1. The molecule has 0 aliphatic carbocycles. The standard InChI is InChI=1S/C26H26BrN3O5S/c1-5-15-8-6-7-14(2)23(15)29-20(31)13-36-25-17(12-28)21(22(24(32)30-25)26(33)35-4)16-9-10-19(34-3)18(27)11-16/h6-11,21-22H,5,13H2,1-4H3,(H,29,31)(H,30,32)/t21-,22-/m1/s1. The van der Waals surface area contributed by atoms with Crippen LogP contribution in [0.5, 0.6) is 5.75 Å². The fourth-order valence-electron chi connectivity index (χ4n) is 4.07. The molecule has 10 heteroatoms. The number of carbonyl (C=O) groups excluding carboxylic acids is 3. The zero-order valence-corrected chi connectivity index (χ0v) is 22.7. The van der Waals surface area contributed by atoms with Crippen molar-refractivity contribution < 1.29 is 23.9 Å². The molecule has 3 rings (SSSR count). The molecular weight excluding hydrogens is 546 g/mol. The summed E-state index contributed by atoms with van der Waals surface area (Å²) in [7, 11) is 2.71. The van der Waals surface area contributed by atoms with E-state index in [9.17, 15) is 19.6 Å². The first-order valence-electron chi connectivity index (χ1n) is 11.1. The fraction of sp³-hybridized carbons (Fsp3) is 0.308. The lowest BCUT2D eigenvalue weighted by atomic mass is 9.78. The highest BCUT2D eigenvalue weighted by Gasteiger charge is 2.44. The lowest BCUT2D eigenvalue weighted by molar-refractivity contribution is -0.150. The first-order valence-corrected chi connectivity index (χ1v) is 12.9. The third-order valence-electron chi connectivity index (χ3n) is 5.87. The zero-order valence-electron chi connectivity index (χ0n) is 20.3. The Hall–Kier alpha value is -3.29. The van der Waals surface area contributed by atoms with E-state index < -0.39 is 23.7 Å². The molecule has 0 fully saturated rings. The number of benzene rings is 2.